The van der Waals surface area contributed by atoms with Crippen LogP contribution in [-0.2, 0) is 13.5 Å². The third kappa shape index (κ3) is 3.87. The molecule has 2 aromatic heterocycles. The minimum absolute atomic E-state index is 0.0129. The minimum atomic E-state index is -0.821. The molecule has 7 heteroatoms. The number of aryl methyl sites for hydroxylation is 1. The zero-order valence-corrected chi connectivity index (χ0v) is 18.0. The molecule has 1 aliphatic heterocycles. The van der Waals surface area contributed by atoms with Crippen molar-refractivity contribution in [2.24, 2.45) is 7.05 Å². The third-order valence-electron chi connectivity index (χ3n) is 5.86. The molecule has 1 aromatic carbocycles. The van der Waals surface area contributed by atoms with Gasteiger partial charge in [-0.15, -0.1) is 0 Å². The Morgan fingerprint density at radius 2 is 1.83 bits per heavy atom. The van der Waals surface area contributed by atoms with Gasteiger partial charge in [-0.3, -0.25) is 9.78 Å². The Morgan fingerprint density at radius 3 is 2.48 bits per heavy atom. The first kappa shape index (κ1) is 20.2. The van der Waals surface area contributed by atoms with Gasteiger partial charge in [0.1, 0.15) is 0 Å². The van der Waals surface area contributed by atoms with Crippen molar-refractivity contribution in [1.29, 1.82) is 0 Å². The molecule has 152 valence electrons. The number of halogens is 2. The van der Waals surface area contributed by atoms with Gasteiger partial charge in [-0.25, -0.2) is 0 Å². The number of aliphatic hydroxyl groups is 1. The predicted molar refractivity (Wildman–Crippen MR) is 118 cm³/mol. The van der Waals surface area contributed by atoms with Gasteiger partial charge in [0.15, 0.2) is 0 Å². The summed E-state index contributed by atoms with van der Waals surface area (Å²) >= 11 is 12.2. The Bertz CT molecular complexity index is 1120. The molecule has 0 bridgehead atoms. The number of rotatable bonds is 3. The van der Waals surface area contributed by atoms with Crippen LogP contribution in [0.3, 0.4) is 0 Å². The summed E-state index contributed by atoms with van der Waals surface area (Å²) in [5, 5.41) is 13.3. The van der Waals surface area contributed by atoms with Crippen LogP contribution in [0.25, 0.3) is 10.9 Å². The van der Waals surface area contributed by atoms with E-state index in [2.05, 4.69) is 9.88 Å². The summed E-state index contributed by atoms with van der Waals surface area (Å²) in [6, 6.07) is 9.25. The zero-order chi connectivity index (χ0) is 20.8. The van der Waals surface area contributed by atoms with Crippen LogP contribution in [-0.4, -0.2) is 33.3 Å². The fourth-order valence-electron chi connectivity index (χ4n) is 4.23. The van der Waals surface area contributed by atoms with Crippen molar-refractivity contribution in [3.05, 3.63) is 68.2 Å². The standard InChI is InChI=1S/C22H23Cl2N3O2/c1-14-20(18-11-15(23)4-6-19(18)26(2)21(14)28)27-9-7-22(29,8-10-27)12-17-5-3-16(24)13-25-17/h3-6,11,13,29H,7-10,12H2,1-2H3. The van der Waals surface area contributed by atoms with Gasteiger partial charge < -0.3 is 14.6 Å². The van der Waals surface area contributed by atoms with Crippen LogP contribution >= 0.6 is 23.2 Å². The van der Waals surface area contributed by atoms with Gasteiger partial charge in [0.05, 0.1) is 21.8 Å². The van der Waals surface area contributed by atoms with Crippen molar-refractivity contribution in [2.45, 2.75) is 31.8 Å². The van der Waals surface area contributed by atoms with E-state index < -0.39 is 5.60 Å². The van der Waals surface area contributed by atoms with Crippen molar-refractivity contribution in [1.82, 2.24) is 9.55 Å². The van der Waals surface area contributed by atoms with E-state index in [0.717, 1.165) is 22.3 Å². The number of anilines is 1. The quantitative estimate of drug-likeness (QED) is 0.677. The van der Waals surface area contributed by atoms with Crippen molar-refractivity contribution in [2.75, 3.05) is 18.0 Å². The van der Waals surface area contributed by atoms with E-state index in [1.165, 1.54) is 0 Å². The van der Waals surface area contributed by atoms with Crippen LogP contribution in [0.4, 0.5) is 5.69 Å². The van der Waals surface area contributed by atoms with E-state index in [4.69, 9.17) is 23.2 Å². The molecule has 3 heterocycles. The first-order valence-corrected chi connectivity index (χ1v) is 10.4. The van der Waals surface area contributed by atoms with Gasteiger partial charge in [0, 0.05) is 54.4 Å². The van der Waals surface area contributed by atoms with E-state index >= 15 is 0 Å². The van der Waals surface area contributed by atoms with Crippen molar-refractivity contribution in [3.63, 3.8) is 0 Å². The maximum atomic E-state index is 12.8. The van der Waals surface area contributed by atoms with Crippen LogP contribution in [0.2, 0.25) is 10.0 Å². The molecule has 1 saturated heterocycles. The lowest BCUT2D eigenvalue weighted by Crippen LogP contribution is -2.46. The second-order valence-corrected chi connectivity index (χ2v) is 8.73. The molecule has 1 aliphatic rings. The molecule has 0 unspecified atom stereocenters. The number of nitrogens with zero attached hydrogens (tertiary/aromatic N) is 3. The molecular weight excluding hydrogens is 409 g/mol. The van der Waals surface area contributed by atoms with Crippen LogP contribution < -0.4 is 10.5 Å². The summed E-state index contributed by atoms with van der Waals surface area (Å²) in [5.74, 6) is 0. The molecule has 4 rings (SSSR count). The summed E-state index contributed by atoms with van der Waals surface area (Å²) in [5.41, 5.74) is 2.46. The Labute approximate surface area is 179 Å². The molecule has 1 N–H and O–H groups in total. The molecule has 0 aliphatic carbocycles. The Kier molecular flexibility index (Phi) is 5.32. The Morgan fingerprint density at radius 1 is 1.14 bits per heavy atom. The normalized spacial score (nSPS) is 16.4. The van der Waals surface area contributed by atoms with Crippen LogP contribution in [0.15, 0.2) is 41.3 Å². The number of aromatic nitrogens is 2. The summed E-state index contributed by atoms with van der Waals surface area (Å²) in [6.07, 6.45) is 3.27. The van der Waals surface area contributed by atoms with E-state index in [0.29, 0.717) is 48.0 Å². The highest BCUT2D eigenvalue weighted by molar-refractivity contribution is 6.31. The van der Waals surface area contributed by atoms with Gasteiger partial charge in [-0.1, -0.05) is 23.2 Å². The number of pyridine rings is 2. The summed E-state index contributed by atoms with van der Waals surface area (Å²) in [4.78, 5) is 19.3. The third-order valence-corrected chi connectivity index (χ3v) is 6.32. The fraction of sp³-hybridized carbons (Fsp3) is 0.364. The van der Waals surface area contributed by atoms with Gasteiger partial charge in [-0.05, 0) is 50.1 Å². The Hall–Kier alpha value is -2.08. The molecular formula is C22H23Cl2N3O2. The van der Waals surface area contributed by atoms with Crippen LogP contribution in [0.5, 0.6) is 0 Å². The molecule has 5 nitrogen and oxygen atoms in total. The van der Waals surface area contributed by atoms with Crippen LogP contribution in [0, 0.1) is 6.92 Å². The molecule has 0 amide bonds. The summed E-state index contributed by atoms with van der Waals surface area (Å²) in [7, 11) is 1.78. The predicted octanol–water partition coefficient (Wildman–Crippen LogP) is 4.12. The average Bonchev–Trinajstić information content (AvgIpc) is 2.69. The lowest BCUT2D eigenvalue weighted by Gasteiger charge is -2.40. The maximum absolute atomic E-state index is 12.8. The average molecular weight is 432 g/mol. The van der Waals surface area contributed by atoms with Gasteiger partial charge in [-0.2, -0.15) is 0 Å². The number of piperidine rings is 1. The Balaban J connectivity index is 1.63. The summed E-state index contributed by atoms with van der Waals surface area (Å²) < 4.78 is 1.66. The van der Waals surface area contributed by atoms with Gasteiger partial charge in [0.25, 0.3) is 5.56 Å². The minimum Gasteiger partial charge on any atom is -0.389 e. The molecule has 0 saturated carbocycles. The first-order chi connectivity index (χ1) is 13.8. The van der Waals surface area contributed by atoms with Crippen molar-refractivity contribution < 1.29 is 5.11 Å². The lowest BCUT2D eigenvalue weighted by atomic mass is 9.86. The number of benzene rings is 1. The lowest BCUT2D eigenvalue weighted by molar-refractivity contribution is 0.0157. The smallest absolute Gasteiger partial charge is 0.255 e. The number of hydrogen-bond donors (Lipinski definition) is 1. The molecule has 0 radical (unpaired) electrons. The van der Waals surface area contributed by atoms with E-state index in [-0.39, 0.29) is 5.56 Å². The molecule has 29 heavy (non-hydrogen) atoms. The maximum Gasteiger partial charge on any atom is 0.255 e. The summed E-state index contributed by atoms with van der Waals surface area (Å²) in [6.45, 7) is 3.16. The molecule has 0 atom stereocenters. The molecule has 1 fully saturated rings. The van der Waals surface area contributed by atoms with E-state index in [1.807, 2.05) is 25.1 Å². The van der Waals surface area contributed by atoms with Gasteiger partial charge >= 0.3 is 0 Å². The number of fused-ring (bicyclic) bond motifs is 1. The SMILES string of the molecule is Cc1c(N2CCC(O)(Cc3ccc(Cl)cn3)CC2)c2cc(Cl)ccc2n(C)c1=O. The highest BCUT2D eigenvalue weighted by atomic mass is 35.5. The molecule has 0 spiro atoms. The van der Waals surface area contributed by atoms with Crippen molar-refractivity contribution >= 4 is 39.8 Å². The second kappa shape index (κ2) is 7.63. The fourth-order valence-corrected chi connectivity index (χ4v) is 4.52. The van der Waals surface area contributed by atoms with Crippen LogP contribution in [0.1, 0.15) is 24.1 Å². The topological polar surface area (TPSA) is 58.4 Å². The van der Waals surface area contributed by atoms with Gasteiger partial charge in [0.2, 0.25) is 0 Å². The van der Waals surface area contributed by atoms with Crippen molar-refractivity contribution in [3.8, 4) is 0 Å². The first-order valence-electron chi connectivity index (χ1n) is 9.64. The highest BCUT2D eigenvalue weighted by Crippen LogP contribution is 2.35. The van der Waals surface area contributed by atoms with E-state index in [9.17, 15) is 9.90 Å². The van der Waals surface area contributed by atoms with E-state index in [1.54, 1.807) is 29.9 Å². The second-order valence-electron chi connectivity index (χ2n) is 7.86. The zero-order valence-electron chi connectivity index (χ0n) is 16.5. The monoisotopic (exact) mass is 431 g/mol. The highest BCUT2D eigenvalue weighted by Gasteiger charge is 2.34. The molecule has 3 aromatic rings. The number of hydrogen-bond acceptors (Lipinski definition) is 4. The largest absolute Gasteiger partial charge is 0.389 e.